The third kappa shape index (κ3) is 10.3. The number of aliphatic hydroxyl groups is 1. The van der Waals surface area contributed by atoms with Gasteiger partial charge < -0.3 is 37.6 Å². The quantitative estimate of drug-likeness (QED) is 0.141. The van der Waals surface area contributed by atoms with Crippen molar-refractivity contribution in [3.8, 4) is 0 Å². The first kappa shape index (κ1) is 30.4. The highest BCUT2D eigenvalue weighted by Gasteiger charge is 2.30. The number of aliphatic hydroxyl groups excluding tert-OH is 1. The van der Waals surface area contributed by atoms with Gasteiger partial charge in [0.2, 0.25) is 17.7 Å². The van der Waals surface area contributed by atoms with Crippen LogP contribution in [-0.4, -0.2) is 71.2 Å². The molecule has 4 unspecified atom stereocenters. The molecule has 206 valence electrons. The van der Waals surface area contributed by atoms with Gasteiger partial charge in [0.05, 0.1) is 12.6 Å². The zero-order valence-corrected chi connectivity index (χ0v) is 21.2. The van der Waals surface area contributed by atoms with E-state index in [9.17, 15) is 29.4 Å². The van der Waals surface area contributed by atoms with E-state index in [2.05, 4.69) is 16.0 Å². The average molecular weight is 528 g/mol. The number of hydrogen-bond donors (Lipinski definition) is 7. The summed E-state index contributed by atoms with van der Waals surface area (Å²) in [6, 6.07) is 13.3. The van der Waals surface area contributed by atoms with E-state index in [0.29, 0.717) is 24.9 Å². The van der Waals surface area contributed by atoms with E-state index in [1.54, 1.807) is 30.3 Å². The first-order valence-electron chi connectivity index (χ1n) is 12.5. The van der Waals surface area contributed by atoms with Gasteiger partial charge in [0.15, 0.2) is 0 Å². The van der Waals surface area contributed by atoms with Crippen LogP contribution in [0.15, 0.2) is 60.7 Å². The summed E-state index contributed by atoms with van der Waals surface area (Å²) in [6.07, 6.45) is 1.66. The largest absolute Gasteiger partial charge is 0.480 e. The minimum absolute atomic E-state index is 0.0189. The molecule has 38 heavy (non-hydrogen) atoms. The van der Waals surface area contributed by atoms with Crippen LogP contribution in [0.2, 0.25) is 0 Å². The number of nitrogens with one attached hydrogen (secondary N) is 3. The Balaban J connectivity index is 2.04. The van der Waals surface area contributed by atoms with E-state index in [1.165, 1.54) is 0 Å². The molecule has 0 saturated heterocycles. The molecule has 2 aromatic rings. The zero-order valence-electron chi connectivity index (χ0n) is 21.2. The normalized spacial score (nSPS) is 14.0. The number of carboxylic acid groups (broad SMARTS) is 1. The van der Waals surface area contributed by atoms with Crippen LogP contribution in [0.4, 0.5) is 0 Å². The number of unbranched alkanes of at least 4 members (excludes halogenated alkanes) is 1. The molecule has 0 saturated carbocycles. The predicted molar refractivity (Wildman–Crippen MR) is 142 cm³/mol. The van der Waals surface area contributed by atoms with Crippen molar-refractivity contribution >= 4 is 23.7 Å². The monoisotopic (exact) mass is 527 g/mol. The molecule has 0 radical (unpaired) electrons. The predicted octanol–water partition coefficient (Wildman–Crippen LogP) is -0.541. The number of carbonyl (C=O) groups is 4. The highest BCUT2D eigenvalue weighted by molar-refractivity contribution is 5.94. The van der Waals surface area contributed by atoms with Gasteiger partial charge in [-0.1, -0.05) is 60.7 Å². The molecule has 0 aliphatic heterocycles. The molecule has 4 atom stereocenters. The van der Waals surface area contributed by atoms with E-state index in [1.807, 2.05) is 30.3 Å². The molecule has 9 N–H and O–H groups in total. The molecule has 0 aliphatic carbocycles. The lowest BCUT2D eigenvalue weighted by atomic mass is 10.0. The van der Waals surface area contributed by atoms with Crippen LogP contribution in [0, 0.1) is 0 Å². The average Bonchev–Trinajstić information content (AvgIpc) is 2.91. The van der Waals surface area contributed by atoms with Gasteiger partial charge in [-0.2, -0.15) is 0 Å². The fourth-order valence-corrected chi connectivity index (χ4v) is 3.79. The van der Waals surface area contributed by atoms with Crippen molar-refractivity contribution in [3.05, 3.63) is 71.8 Å². The number of hydrogen-bond acceptors (Lipinski definition) is 7. The van der Waals surface area contributed by atoms with Crippen molar-refractivity contribution in [1.29, 1.82) is 0 Å². The molecule has 0 aromatic heterocycles. The molecular formula is C27H37N5O6. The molecule has 2 aromatic carbocycles. The van der Waals surface area contributed by atoms with Gasteiger partial charge in [-0.05, 0) is 43.4 Å². The Bertz CT molecular complexity index is 1040. The van der Waals surface area contributed by atoms with Gasteiger partial charge in [-0.15, -0.1) is 0 Å². The maximum atomic E-state index is 13.0. The van der Waals surface area contributed by atoms with E-state index in [0.717, 1.165) is 5.56 Å². The van der Waals surface area contributed by atoms with Crippen molar-refractivity contribution in [3.63, 3.8) is 0 Å². The van der Waals surface area contributed by atoms with Crippen LogP contribution < -0.4 is 27.4 Å². The van der Waals surface area contributed by atoms with Gasteiger partial charge in [0, 0.05) is 6.42 Å². The highest BCUT2D eigenvalue weighted by Crippen LogP contribution is 2.07. The summed E-state index contributed by atoms with van der Waals surface area (Å²) < 4.78 is 0. The lowest BCUT2D eigenvalue weighted by molar-refractivity contribution is -0.142. The summed E-state index contributed by atoms with van der Waals surface area (Å²) in [5, 5.41) is 26.7. The van der Waals surface area contributed by atoms with Crippen molar-refractivity contribution < 1.29 is 29.4 Å². The molecule has 11 nitrogen and oxygen atoms in total. The Morgan fingerprint density at radius 1 is 0.711 bits per heavy atom. The van der Waals surface area contributed by atoms with Crippen LogP contribution in [0.1, 0.15) is 30.4 Å². The summed E-state index contributed by atoms with van der Waals surface area (Å²) in [5.41, 5.74) is 13.2. The van der Waals surface area contributed by atoms with E-state index >= 15 is 0 Å². The Labute approximate surface area is 222 Å². The minimum atomic E-state index is -1.42. The Morgan fingerprint density at radius 3 is 1.74 bits per heavy atom. The van der Waals surface area contributed by atoms with E-state index in [-0.39, 0.29) is 19.3 Å². The van der Waals surface area contributed by atoms with Gasteiger partial charge >= 0.3 is 5.97 Å². The Hall–Kier alpha value is -3.80. The fourth-order valence-electron chi connectivity index (χ4n) is 3.79. The molecular weight excluding hydrogens is 490 g/mol. The summed E-state index contributed by atoms with van der Waals surface area (Å²) in [5.74, 6) is -3.37. The van der Waals surface area contributed by atoms with Crippen molar-refractivity contribution in [2.24, 2.45) is 11.5 Å². The molecule has 0 bridgehead atoms. The van der Waals surface area contributed by atoms with Crippen molar-refractivity contribution in [2.75, 3.05) is 13.2 Å². The first-order valence-corrected chi connectivity index (χ1v) is 12.5. The van der Waals surface area contributed by atoms with Gasteiger partial charge in [0.1, 0.15) is 18.1 Å². The van der Waals surface area contributed by atoms with E-state index in [4.69, 9.17) is 11.5 Å². The molecule has 11 heteroatoms. The van der Waals surface area contributed by atoms with Crippen LogP contribution in [-0.2, 0) is 32.0 Å². The number of rotatable bonds is 16. The number of amides is 3. The number of carboxylic acids is 1. The molecule has 3 amide bonds. The Kier molecular flexibility index (Phi) is 12.9. The third-order valence-corrected chi connectivity index (χ3v) is 5.93. The van der Waals surface area contributed by atoms with Crippen molar-refractivity contribution in [1.82, 2.24) is 16.0 Å². The maximum absolute atomic E-state index is 13.0. The van der Waals surface area contributed by atoms with Crippen LogP contribution >= 0.6 is 0 Å². The second-order valence-electron chi connectivity index (χ2n) is 8.97. The minimum Gasteiger partial charge on any atom is -0.480 e. The molecule has 0 fully saturated rings. The third-order valence-electron chi connectivity index (χ3n) is 5.93. The molecule has 0 heterocycles. The standard InChI is InChI=1S/C27H37N5O6/c28-14-8-7-13-21(30-24(34)20(29)15-18-9-3-1-4-10-18)25(35)32-23(17-33)26(36)31-22(27(37)38)16-19-11-5-2-6-12-19/h1-6,9-12,20-23,33H,7-8,13-17,28-29H2,(H,30,34)(H,31,36)(H,32,35)(H,37,38). The van der Waals surface area contributed by atoms with Gasteiger partial charge in [-0.25, -0.2) is 4.79 Å². The number of carbonyl (C=O) groups excluding carboxylic acids is 3. The number of aliphatic carboxylic acids is 1. The second-order valence-corrected chi connectivity index (χ2v) is 8.97. The molecule has 0 aliphatic rings. The summed E-state index contributed by atoms with van der Waals surface area (Å²) >= 11 is 0. The number of nitrogens with two attached hydrogens (primary N) is 2. The fraction of sp³-hybridized carbons (Fsp3) is 0.407. The maximum Gasteiger partial charge on any atom is 0.326 e. The van der Waals surface area contributed by atoms with Crippen LogP contribution in [0.5, 0.6) is 0 Å². The number of benzene rings is 2. The first-order chi connectivity index (χ1) is 18.2. The van der Waals surface area contributed by atoms with Crippen LogP contribution in [0.3, 0.4) is 0 Å². The summed E-state index contributed by atoms with van der Waals surface area (Å²) in [7, 11) is 0. The van der Waals surface area contributed by atoms with Crippen LogP contribution in [0.25, 0.3) is 0 Å². The Morgan fingerprint density at radius 2 is 1.21 bits per heavy atom. The SMILES string of the molecule is NCCCCC(NC(=O)C(N)Cc1ccccc1)C(=O)NC(CO)C(=O)NC(Cc1ccccc1)C(=O)O. The summed E-state index contributed by atoms with van der Waals surface area (Å²) in [6.45, 7) is -0.373. The highest BCUT2D eigenvalue weighted by atomic mass is 16.4. The topological polar surface area (TPSA) is 197 Å². The molecule has 0 spiro atoms. The summed E-state index contributed by atoms with van der Waals surface area (Å²) in [4.78, 5) is 50.2. The molecule has 2 rings (SSSR count). The lowest BCUT2D eigenvalue weighted by Crippen LogP contribution is -2.58. The zero-order chi connectivity index (χ0) is 27.9. The van der Waals surface area contributed by atoms with Gasteiger partial charge in [0.25, 0.3) is 0 Å². The van der Waals surface area contributed by atoms with Crippen molar-refractivity contribution in [2.45, 2.75) is 56.3 Å². The van der Waals surface area contributed by atoms with E-state index < -0.39 is 54.5 Å². The second kappa shape index (κ2) is 16.1. The lowest BCUT2D eigenvalue weighted by Gasteiger charge is -2.24. The smallest absolute Gasteiger partial charge is 0.326 e. The van der Waals surface area contributed by atoms with Gasteiger partial charge in [-0.3, -0.25) is 14.4 Å².